The van der Waals surface area contributed by atoms with Crippen LogP contribution in [0.5, 0.6) is 0 Å². The Kier molecular flexibility index (Phi) is 4.37. The van der Waals surface area contributed by atoms with Gasteiger partial charge in [-0.3, -0.25) is 9.59 Å². The van der Waals surface area contributed by atoms with E-state index in [9.17, 15) is 14.4 Å². The van der Waals surface area contributed by atoms with E-state index in [1.165, 1.54) is 11.1 Å². The molecule has 1 aromatic heterocycles. The SMILES string of the molecule is COC(=O)C(C)n1sc(C(=O)c2ccccc2)c(C)c1=O. The predicted octanol–water partition coefficient (Wildman–Crippen LogP) is 2.18. The van der Waals surface area contributed by atoms with Gasteiger partial charge in [0, 0.05) is 11.1 Å². The van der Waals surface area contributed by atoms with Crippen LogP contribution in [0.2, 0.25) is 0 Å². The highest BCUT2D eigenvalue weighted by atomic mass is 32.1. The van der Waals surface area contributed by atoms with Gasteiger partial charge in [0.15, 0.2) is 0 Å². The fraction of sp³-hybridized carbons (Fsp3) is 0.267. The summed E-state index contributed by atoms with van der Waals surface area (Å²) in [5.74, 6) is -0.733. The molecule has 0 bridgehead atoms. The van der Waals surface area contributed by atoms with Crippen LogP contribution in [0.15, 0.2) is 35.1 Å². The van der Waals surface area contributed by atoms with Crippen LogP contribution >= 0.6 is 11.5 Å². The molecule has 2 aromatic rings. The first-order chi connectivity index (χ1) is 9.97. The zero-order valence-corrected chi connectivity index (χ0v) is 12.8. The van der Waals surface area contributed by atoms with Crippen molar-refractivity contribution in [1.82, 2.24) is 3.96 Å². The number of benzene rings is 1. The maximum Gasteiger partial charge on any atom is 0.329 e. The molecule has 1 heterocycles. The molecule has 110 valence electrons. The van der Waals surface area contributed by atoms with E-state index in [4.69, 9.17) is 0 Å². The third kappa shape index (κ3) is 2.80. The second-order valence-corrected chi connectivity index (χ2v) is 5.55. The molecule has 0 saturated heterocycles. The van der Waals surface area contributed by atoms with Gasteiger partial charge in [-0.15, -0.1) is 0 Å². The molecule has 0 spiro atoms. The minimum absolute atomic E-state index is 0.217. The zero-order chi connectivity index (χ0) is 15.6. The number of ketones is 1. The summed E-state index contributed by atoms with van der Waals surface area (Å²) in [5, 5.41) is 0. The first kappa shape index (κ1) is 15.2. The molecule has 2 rings (SSSR count). The van der Waals surface area contributed by atoms with Gasteiger partial charge in [0.25, 0.3) is 5.56 Å². The van der Waals surface area contributed by atoms with Crippen molar-refractivity contribution in [1.29, 1.82) is 0 Å². The number of aromatic nitrogens is 1. The standard InChI is InChI=1S/C15H15NO4S/c1-9-13(12(17)11-7-5-4-6-8-11)21-16(14(9)18)10(2)15(19)20-3/h4-8,10H,1-3H3. The van der Waals surface area contributed by atoms with E-state index in [2.05, 4.69) is 4.74 Å². The topological polar surface area (TPSA) is 65.4 Å². The van der Waals surface area contributed by atoms with Crippen LogP contribution in [-0.4, -0.2) is 22.8 Å². The Bertz CT molecular complexity index is 730. The van der Waals surface area contributed by atoms with Crippen molar-refractivity contribution < 1.29 is 14.3 Å². The van der Waals surface area contributed by atoms with Gasteiger partial charge in [-0.2, -0.15) is 0 Å². The molecule has 0 N–H and O–H groups in total. The fourth-order valence-electron chi connectivity index (χ4n) is 1.92. The molecule has 0 radical (unpaired) electrons. The van der Waals surface area contributed by atoms with E-state index in [1.54, 1.807) is 38.1 Å². The van der Waals surface area contributed by atoms with Gasteiger partial charge in [0.1, 0.15) is 10.9 Å². The zero-order valence-electron chi connectivity index (χ0n) is 12.0. The van der Waals surface area contributed by atoms with Crippen molar-refractivity contribution in [2.45, 2.75) is 19.9 Å². The minimum Gasteiger partial charge on any atom is -0.467 e. The van der Waals surface area contributed by atoms with Crippen molar-refractivity contribution in [3.63, 3.8) is 0 Å². The maximum atomic E-state index is 12.4. The summed E-state index contributed by atoms with van der Waals surface area (Å²) in [5.41, 5.74) is 0.529. The molecule has 0 saturated carbocycles. The number of hydrogen-bond donors (Lipinski definition) is 0. The number of hydrogen-bond acceptors (Lipinski definition) is 5. The Labute approximate surface area is 125 Å². The van der Waals surface area contributed by atoms with Gasteiger partial charge in [0.2, 0.25) is 5.78 Å². The van der Waals surface area contributed by atoms with E-state index >= 15 is 0 Å². The maximum absolute atomic E-state index is 12.4. The van der Waals surface area contributed by atoms with E-state index in [0.717, 1.165) is 11.5 Å². The highest BCUT2D eigenvalue weighted by Crippen LogP contribution is 2.20. The summed E-state index contributed by atoms with van der Waals surface area (Å²) in [6.45, 7) is 3.16. The lowest BCUT2D eigenvalue weighted by Gasteiger charge is -2.08. The average Bonchev–Trinajstić information content (AvgIpc) is 2.82. The Morgan fingerprint density at radius 2 is 1.86 bits per heavy atom. The first-order valence-electron chi connectivity index (χ1n) is 6.37. The summed E-state index contributed by atoms with van der Waals surface area (Å²) in [7, 11) is 1.26. The summed E-state index contributed by atoms with van der Waals surface area (Å²) in [6, 6.07) is 7.98. The van der Waals surface area contributed by atoms with E-state index in [1.807, 2.05) is 6.07 Å². The van der Waals surface area contributed by atoms with Crippen LogP contribution in [0, 0.1) is 6.92 Å². The van der Waals surface area contributed by atoms with Crippen LogP contribution in [0.25, 0.3) is 0 Å². The summed E-state index contributed by atoms with van der Waals surface area (Å²) >= 11 is 0.995. The summed E-state index contributed by atoms with van der Waals surface area (Å²) in [4.78, 5) is 36.6. The Morgan fingerprint density at radius 1 is 1.24 bits per heavy atom. The van der Waals surface area contributed by atoms with Crippen molar-refractivity contribution in [2.24, 2.45) is 0 Å². The van der Waals surface area contributed by atoms with Gasteiger partial charge in [0.05, 0.1) is 7.11 Å². The minimum atomic E-state index is -0.747. The van der Waals surface area contributed by atoms with Crippen LogP contribution in [-0.2, 0) is 9.53 Å². The van der Waals surface area contributed by atoms with Gasteiger partial charge in [-0.05, 0) is 13.8 Å². The molecule has 1 aromatic carbocycles. The quantitative estimate of drug-likeness (QED) is 0.641. The summed E-state index contributed by atoms with van der Waals surface area (Å²) in [6.07, 6.45) is 0. The predicted molar refractivity (Wildman–Crippen MR) is 79.9 cm³/mol. The monoisotopic (exact) mass is 305 g/mol. The number of rotatable bonds is 4. The third-order valence-corrected chi connectivity index (χ3v) is 4.54. The van der Waals surface area contributed by atoms with Gasteiger partial charge in [-0.25, -0.2) is 8.75 Å². The number of methoxy groups -OCH3 is 1. The largest absolute Gasteiger partial charge is 0.467 e. The third-order valence-electron chi connectivity index (χ3n) is 3.19. The molecule has 21 heavy (non-hydrogen) atoms. The molecular weight excluding hydrogens is 290 g/mol. The van der Waals surface area contributed by atoms with Gasteiger partial charge >= 0.3 is 5.97 Å². The van der Waals surface area contributed by atoms with Crippen LogP contribution in [0.1, 0.15) is 33.8 Å². The molecule has 1 atom stereocenters. The number of nitrogens with zero attached hydrogens (tertiary/aromatic N) is 1. The molecule has 6 heteroatoms. The normalized spacial score (nSPS) is 12.0. The fourth-order valence-corrected chi connectivity index (χ4v) is 3.01. The smallest absolute Gasteiger partial charge is 0.329 e. The number of esters is 1. The Morgan fingerprint density at radius 3 is 2.43 bits per heavy atom. The van der Waals surface area contributed by atoms with E-state index in [-0.39, 0.29) is 11.3 Å². The Balaban J connectivity index is 2.46. The molecule has 0 aliphatic heterocycles. The van der Waals surface area contributed by atoms with Crippen molar-refractivity contribution in [3.05, 3.63) is 56.7 Å². The lowest BCUT2D eigenvalue weighted by molar-refractivity contribution is -0.143. The van der Waals surface area contributed by atoms with E-state index < -0.39 is 12.0 Å². The highest BCUT2D eigenvalue weighted by Gasteiger charge is 2.24. The second kappa shape index (κ2) is 6.05. The van der Waals surface area contributed by atoms with Crippen molar-refractivity contribution in [2.75, 3.05) is 7.11 Å². The second-order valence-electron chi connectivity index (χ2n) is 4.57. The van der Waals surface area contributed by atoms with Crippen molar-refractivity contribution >= 4 is 23.3 Å². The highest BCUT2D eigenvalue weighted by molar-refractivity contribution is 7.09. The molecular formula is C15H15NO4S. The Hall–Kier alpha value is -2.21. The average molecular weight is 305 g/mol. The molecule has 0 amide bonds. The first-order valence-corrected chi connectivity index (χ1v) is 7.14. The summed E-state index contributed by atoms with van der Waals surface area (Å²) < 4.78 is 5.91. The lowest BCUT2D eigenvalue weighted by Crippen LogP contribution is -2.25. The van der Waals surface area contributed by atoms with Crippen LogP contribution < -0.4 is 5.56 Å². The van der Waals surface area contributed by atoms with Gasteiger partial charge < -0.3 is 4.74 Å². The molecule has 5 nitrogen and oxygen atoms in total. The van der Waals surface area contributed by atoms with Crippen molar-refractivity contribution in [3.8, 4) is 0 Å². The molecule has 1 unspecified atom stereocenters. The number of carbonyl (C=O) groups is 2. The van der Waals surface area contributed by atoms with Crippen LogP contribution in [0.3, 0.4) is 0 Å². The lowest BCUT2D eigenvalue weighted by atomic mass is 10.1. The number of carbonyl (C=O) groups excluding carboxylic acids is 2. The molecule has 0 fully saturated rings. The van der Waals surface area contributed by atoms with E-state index in [0.29, 0.717) is 16.0 Å². The number of ether oxygens (including phenoxy) is 1. The molecule has 0 aliphatic carbocycles. The van der Waals surface area contributed by atoms with Crippen LogP contribution in [0.4, 0.5) is 0 Å². The van der Waals surface area contributed by atoms with Gasteiger partial charge in [-0.1, -0.05) is 41.9 Å². The molecule has 0 aliphatic rings.